The lowest BCUT2D eigenvalue weighted by Crippen LogP contribution is -1.93. The molecule has 0 saturated heterocycles. The maximum Gasteiger partial charge on any atom is 0.234 e. The van der Waals surface area contributed by atoms with Crippen molar-refractivity contribution in [3.05, 3.63) is 16.9 Å². The van der Waals surface area contributed by atoms with Gasteiger partial charge in [0.2, 0.25) is 5.13 Å². The van der Waals surface area contributed by atoms with E-state index in [2.05, 4.69) is 20.5 Å². The van der Waals surface area contributed by atoms with Crippen LogP contribution in [0.1, 0.15) is 10.7 Å². The highest BCUT2D eigenvalue weighted by Gasteiger charge is 2.05. The van der Waals surface area contributed by atoms with Crippen molar-refractivity contribution in [1.29, 1.82) is 0 Å². The third kappa shape index (κ3) is 1.56. The quantitative estimate of drug-likeness (QED) is 0.728. The summed E-state index contributed by atoms with van der Waals surface area (Å²) >= 11 is 1.42. The Hall–Kier alpha value is -1.34. The predicted octanol–water partition coefficient (Wildman–Crippen LogP) is -0.0805. The van der Waals surface area contributed by atoms with Crippen molar-refractivity contribution in [3.63, 3.8) is 0 Å². The van der Waals surface area contributed by atoms with Crippen LogP contribution >= 0.6 is 11.3 Å². The van der Waals surface area contributed by atoms with Gasteiger partial charge in [0.15, 0.2) is 0 Å². The molecule has 1 N–H and O–H groups in total. The van der Waals surface area contributed by atoms with Crippen LogP contribution in [0.15, 0.2) is 6.20 Å². The first-order valence-corrected chi connectivity index (χ1v) is 4.44. The molecule has 2 heterocycles. The number of aromatic nitrogens is 5. The van der Waals surface area contributed by atoms with Crippen LogP contribution in [-0.2, 0) is 6.61 Å². The van der Waals surface area contributed by atoms with Gasteiger partial charge in [0.25, 0.3) is 0 Å². The minimum atomic E-state index is -0.113. The molecule has 2 aromatic rings. The van der Waals surface area contributed by atoms with Gasteiger partial charge in [0.1, 0.15) is 10.7 Å². The Kier molecular flexibility index (Phi) is 2.03. The molecule has 0 unspecified atom stereocenters. The summed E-state index contributed by atoms with van der Waals surface area (Å²) in [6, 6.07) is 0. The Balaban J connectivity index is 2.35. The zero-order valence-corrected chi connectivity index (χ0v) is 7.69. The number of nitrogens with zero attached hydrogens (tertiary/aromatic N) is 5. The molecule has 7 heteroatoms. The highest BCUT2D eigenvalue weighted by Crippen LogP contribution is 2.12. The third-order valence-corrected chi connectivity index (χ3v) is 2.24. The molecule has 0 atom stereocenters. The molecule has 0 radical (unpaired) electrons. The van der Waals surface area contributed by atoms with E-state index in [-0.39, 0.29) is 6.61 Å². The van der Waals surface area contributed by atoms with Crippen LogP contribution in [0.4, 0.5) is 0 Å². The molecule has 13 heavy (non-hydrogen) atoms. The van der Waals surface area contributed by atoms with Gasteiger partial charge < -0.3 is 5.11 Å². The molecule has 2 rings (SSSR count). The topological polar surface area (TPSA) is 76.7 Å². The number of hydrogen-bond donors (Lipinski definition) is 1. The number of aryl methyl sites for hydroxylation is 1. The fourth-order valence-corrected chi connectivity index (χ4v) is 1.45. The predicted molar refractivity (Wildman–Crippen MR) is 45.5 cm³/mol. The fraction of sp³-hybridized carbons (Fsp3) is 0.333. The van der Waals surface area contributed by atoms with Gasteiger partial charge in [-0.25, -0.2) is 0 Å². The van der Waals surface area contributed by atoms with Crippen LogP contribution < -0.4 is 0 Å². The van der Waals surface area contributed by atoms with Gasteiger partial charge in [0, 0.05) is 0 Å². The van der Waals surface area contributed by atoms with E-state index in [1.54, 1.807) is 6.20 Å². The first kappa shape index (κ1) is 8.27. The lowest BCUT2D eigenvalue weighted by Gasteiger charge is -1.87. The lowest BCUT2D eigenvalue weighted by molar-refractivity contribution is 0.276. The Bertz CT molecular complexity index is 409. The zero-order chi connectivity index (χ0) is 9.26. The molecule has 0 spiro atoms. The van der Waals surface area contributed by atoms with Gasteiger partial charge in [-0.05, 0) is 6.92 Å². The molecule has 0 aliphatic carbocycles. The Labute approximate surface area is 77.9 Å². The summed E-state index contributed by atoms with van der Waals surface area (Å²) in [6.07, 6.45) is 1.62. The van der Waals surface area contributed by atoms with E-state index in [0.29, 0.717) is 10.8 Å². The Morgan fingerprint density at radius 1 is 1.46 bits per heavy atom. The smallest absolute Gasteiger partial charge is 0.234 e. The molecule has 0 aromatic carbocycles. The summed E-state index contributed by atoms with van der Waals surface area (Å²) in [5.41, 5.74) is 0.521. The van der Waals surface area contributed by atoms with Crippen molar-refractivity contribution in [2.24, 2.45) is 0 Å². The minimum absolute atomic E-state index is 0.113. The van der Waals surface area contributed by atoms with E-state index in [4.69, 9.17) is 5.11 Å². The van der Waals surface area contributed by atoms with Crippen LogP contribution in [0, 0.1) is 6.92 Å². The second-order valence-electron chi connectivity index (χ2n) is 2.42. The minimum Gasteiger partial charge on any atom is -0.390 e. The first-order chi connectivity index (χ1) is 6.29. The van der Waals surface area contributed by atoms with Crippen LogP contribution in [0.3, 0.4) is 0 Å². The molecular weight excluding hydrogens is 190 g/mol. The Morgan fingerprint density at radius 2 is 2.31 bits per heavy atom. The zero-order valence-electron chi connectivity index (χ0n) is 6.88. The lowest BCUT2D eigenvalue weighted by atomic mass is 10.5. The average Bonchev–Trinajstić information content (AvgIpc) is 2.71. The molecule has 0 aliphatic rings. The van der Waals surface area contributed by atoms with Gasteiger partial charge in [-0.2, -0.15) is 4.68 Å². The normalized spacial score (nSPS) is 10.6. The van der Waals surface area contributed by atoms with Gasteiger partial charge in [-0.1, -0.05) is 16.6 Å². The molecule has 68 valence electrons. The first-order valence-electron chi connectivity index (χ1n) is 3.62. The van der Waals surface area contributed by atoms with E-state index in [1.165, 1.54) is 16.0 Å². The van der Waals surface area contributed by atoms with Crippen LogP contribution in [0.5, 0.6) is 0 Å². The molecular formula is C6H7N5OS. The van der Waals surface area contributed by atoms with Crippen molar-refractivity contribution in [3.8, 4) is 5.13 Å². The summed E-state index contributed by atoms with van der Waals surface area (Å²) in [5, 5.41) is 25.5. The van der Waals surface area contributed by atoms with Gasteiger partial charge in [-0.15, -0.1) is 15.3 Å². The molecule has 0 aliphatic heterocycles. The number of aliphatic hydroxyl groups is 1. The standard InChI is InChI=1S/C6H7N5OS/c1-4-7-9-6(13-4)11-2-5(3-12)8-10-11/h2,12H,3H2,1H3. The van der Waals surface area contributed by atoms with E-state index in [0.717, 1.165) is 5.01 Å². The van der Waals surface area contributed by atoms with Gasteiger partial charge in [-0.3, -0.25) is 0 Å². The molecule has 0 fully saturated rings. The molecule has 0 bridgehead atoms. The van der Waals surface area contributed by atoms with Crippen LogP contribution in [0.2, 0.25) is 0 Å². The van der Waals surface area contributed by atoms with Crippen LogP contribution in [-0.4, -0.2) is 30.3 Å². The summed E-state index contributed by atoms with van der Waals surface area (Å²) in [5.74, 6) is 0. The number of hydrogen-bond acceptors (Lipinski definition) is 6. The molecule has 0 amide bonds. The van der Waals surface area contributed by atoms with Crippen molar-refractivity contribution in [2.45, 2.75) is 13.5 Å². The highest BCUT2D eigenvalue weighted by atomic mass is 32.1. The summed E-state index contributed by atoms with van der Waals surface area (Å²) in [7, 11) is 0. The number of rotatable bonds is 2. The van der Waals surface area contributed by atoms with Crippen molar-refractivity contribution < 1.29 is 5.11 Å². The van der Waals surface area contributed by atoms with E-state index in [1.807, 2.05) is 6.92 Å². The fourth-order valence-electron chi connectivity index (χ4n) is 0.843. The van der Waals surface area contributed by atoms with Gasteiger partial charge in [0.05, 0.1) is 12.8 Å². The summed E-state index contributed by atoms with van der Waals surface area (Å²) in [4.78, 5) is 0. The highest BCUT2D eigenvalue weighted by molar-refractivity contribution is 7.13. The summed E-state index contributed by atoms with van der Waals surface area (Å²) < 4.78 is 1.50. The largest absolute Gasteiger partial charge is 0.390 e. The maximum absolute atomic E-state index is 8.75. The second kappa shape index (κ2) is 3.19. The number of aliphatic hydroxyl groups excluding tert-OH is 1. The van der Waals surface area contributed by atoms with Crippen molar-refractivity contribution in [1.82, 2.24) is 25.2 Å². The second-order valence-corrected chi connectivity index (χ2v) is 3.58. The van der Waals surface area contributed by atoms with E-state index >= 15 is 0 Å². The van der Waals surface area contributed by atoms with E-state index < -0.39 is 0 Å². The monoisotopic (exact) mass is 197 g/mol. The summed E-state index contributed by atoms with van der Waals surface area (Å²) in [6.45, 7) is 1.75. The third-order valence-electron chi connectivity index (χ3n) is 1.41. The molecule has 2 aromatic heterocycles. The van der Waals surface area contributed by atoms with E-state index in [9.17, 15) is 0 Å². The molecule has 0 saturated carbocycles. The van der Waals surface area contributed by atoms with Crippen molar-refractivity contribution >= 4 is 11.3 Å². The molecule has 6 nitrogen and oxygen atoms in total. The Morgan fingerprint density at radius 3 is 2.85 bits per heavy atom. The average molecular weight is 197 g/mol. The van der Waals surface area contributed by atoms with Crippen LogP contribution in [0.25, 0.3) is 5.13 Å². The van der Waals surface area contributed by atoms with Crippen molar-refractivity contribution in [2.75, 3.05) is 0 Å². The maximum atomic E-state index is 8.75. The van der Waals surface area contributed by atoms with Gasteiger partial charge >= 0.3 is 0 Å². The SMILES string of the molecule is Cc1nnc(-n2cc(CO)nn2)s1.